The van der Waals surface area contributed by atoms with Crippen LogP contribution in [0.2, 0.25) is 0 Å². The highest BCUT2D eigenvalue weighted by Gasteiger charge is 2.17. The second-order valence-corrected chi connectivity index (χ2v) is 3.50. The monoisotopic (exact) mass is 203 g/mol. The van der Waals surface area contributed by atoms with Crippen LogP contribution in [0.4, 0.5) is 0 Å². The van der Waals surface area contributed by atoms with Gasteiger partial charge in [0.15, 0.2) is 0 Å². The summed E-state index contributed by atoms with van der Waals surface area (Å²) < 4.78 is 5.28. The maximum atomic E-state index is 5.78. The molecule has 0 aromatic rings. The van der Waals surface area contributed by atoms with E-state index >= 15 is 0 Å². The van der Waals surface area contributed by atoms with E-state index in [9.17, 15) is 0 Å². The Labute approximate surface area is 86.6 Å². The Balaban J connectivity index is 0.00000144. The zero-order valence-corrected chi connectivity index (χ0v) is 8.69. The van der Waals surface area contributed by atoms with Gasteiger partial charge in [-0.2, -0.15) is 0 Å². The second-order valence-electron chi connectivity index (χ2n) is 3.50. The normalized spacial score (nSPS) is 27.4. The molecule has 1 aliphatic rings. The van der Waals surface area contributed by atoms with E-state index in [2.05, 4.69) is 5.92 Å². The van der Waals surface area contributed by atoms with Gasteiger partial charge in [-0.1, -0.05) is 5.92 Å². The first-order valence-corrected chi connectivity index (χ1v) is 4.59. The lowest BCUT2D eigenvalue weighted by Crippen LogP contribution is -2.28. The van der Waals surface area contributed by atoms with Crippen LogP contribution < -0.4 is 5.73 Å². The largest absolute Gasteiger partial charge is 0.369 e. The molecule has 0 atom stereocenters. The molecule has 76 valence electrons. The number of hydrogen-bond acceptors (Lipinski definition) is 2. The summed E-state index contributed by atoms with van der Waals surface area (Å²) in [5, 5.41) is 0. The molecule has 0 saturated heterocycles. The Hall–Kier alpha value is -0.230. The van der Waals surface area contributed by atoms with Crippen LogP contribution in [0.15, 0.2) is 0 Å². The fourth-order valence-corrected chi connectivity index (χ4v) is 1.64. The highest BCUT2D eigenvalue weighted by Crippen LogP contribution is 2.22. The van der Waals surface area contributed by atoms with Crippen molar-refractivity contribution in [2.45, 2.75) is 31.7 Å². The standard InChI is InChI=1S/C10H17NO.ClH/c1-2-7-12-8-9-3-5-10(11)6-4-9;/h1,9-10H,3-8,11H2;1H/t9-,10-;. The number of hydrogen-bond donors (Lipinski definition) is 1. The van der Waals surface area contributed by atoms with Gasteiger partial charge in [-0.05, 0) is 31.6 Å². The van der Waals surface area contributed by atoms with Crippen LogP contribution >= 0.6 is 12.4 Å². The van der Waals surface area contributed by atoms with Crippen LogP contribution in [0.1, 0.15) is 25.7 Å². The van der Waals surface area contributed by atoms with E-state index in [0.29, 0.717) is 18.6 Å². The first-order chi connectivity index (χ1) is 5.83. The molecule has 13 heavy (non-hydrogen) atoms. The van der Waals surface area contributed by atoms with Crippen LogP contribution in [-0.2, 0) is 4.74 Å². The number of nitrogens with two attached hydrogens (primary N) is 1. The van der Waals surface area contributed by atoms with Crippen molar-refractivity contribution < 1.29 is 4.74 Å². The van der Waals surface area contributed by atoms with E-state index in [-0.39, 0.29) is 12.4 Å². The first-order valence-electron chi connectivity index (χ1n) is 4.59. The van der Waals surface area contributed by atoms with Crippen molar-refractivity contribution in [3.05, 3.63) is 0 Å². The number of terminal acetylenes is 1. The minimum atomic E-state index is 0. The summed E-state index contributed by atoms with van der Waals surface area (Å²) in [6.45, 7) is 1.26. The Bertz CT molecular complexity index is 159. The summed E-state index contributed by atoms with van der Waals surface area (Å²) in [5.41, 5.74) is 5.78. The average Bonchev–Trinajstić information content (AvgIpc) is 2.09. The molecule has 2 nitrogen and oxygen atoms in total. The minimum absolute atomic E-state index is 0. The van der Waals surface area contributed by atoms with Gasteiger partial charge in [0.05, 0.1) is 6.61 Å². The highest BCUT2D eigenvalue weighted by atomic mass is 35.5. The van der Waals surface area contributed by atoms with Gasteiger partial charge in [0.25, 0.3) is 0 Å². The number of halogens is 1. The fourth-order valence-electron chi connectivity index (χ4n) is 1.64. The van der Waals surface area contributed by atoms with E-state index in [0.717, 1.165) is 19.4 Å². The second kappa shape index (κ2) is 7.20. The molecular weight excluding hydrogens is 186 g/mol. The summed E-state index contributed by atoms with van der Waals surface area (Å²) >= 11 is 0. The predicted octanol–water partition coefficient (Wildman–Crippen LogP) is 1.58. The molecule has 0 heterocycles. The Kier molecular flexibility index (Phi) is 7.07. The molecule has 1 saturated carbocycles. The molecule has 1 rings (SSSR count). The molecule has 0 aromatic heterocycles. The quantitative estimate of drug-likeness (QED) is 0.559. The maximum Gasteiger partial charge on any atom is 0.107 e. The van der Waals surface area contributed by atoms with Crippen LogP contribution in [-0.4, -0.2) is 19.3 Å². The molecular formula is C10H18ClNO. The lowest BCUT2D eigenvalue weighted by molar-refractivity contribution is 0.106. The minimum Gasteiger partial charge on any atom is -0.369 e. The summed E-state index contributed by atoms with van der Waals surface area (Å²) in [5.74, 6) is 3.16. The van der Waals surface area contributed by atoms with E-state index in [4.69, 9.17) is 16.9 Å². The molecule has 0 aliphatic heterocycles. The lowest BCUT2D eigenvalue weighted by Gasteiger charge is -2.25. The topological polar surface area (TPSA) is 35.2 Å². The molecule has 1 fully saturated rings. The number of rotatable bonds is 3. The molecule has 0 radical (unpaired) electrons. The summed E-state index contributed by atoms with van der Waals surface area (Å²) in [6, 6.07) is 0.425. The van der Waals surface area contributed by atoms with Crippen molar-refractivity contribution in [2.75, 3.05) is 13.2 Å². The summed E-state index contributed by atoms with van der Waals surface area (Å²) in [6.07, 6.45) is 9.76. The van der Waals surface area contributed by atoms with E-state index in [1.54, 1.807) is 0 Å². The van der Waals surface area contributed by atoms with Crippen molar-refractivity contribution in [1.82, 2.24) is 0 Å². The van der Waals surface area contributed by atoms with Gasteiger partial charge in [-0.25, -0.2) is 0 Å². The van der Waals surface area contributed by atoms with Crippen LogP contribution in [0, 0.1) is 18.3 Å². The third-order valence-electron chi connectivity index (χ3n) is 2.43. The van der Waals surface area contributed by atoms with Gasteiger partial charge in [0.1, 0.15) is 6.61 Å². The van der Waals surface area contributed by atoms with Crippen molar-refractivity contribution in [3.63, 3.8) is 0 Å². The van der Waals surface area contributed by atoms with Crippen molar-refractivity contribution in [2.24, 2.45) is 11.7 Å². The Morgan fingerprint density at radius 2 is 1.92 bits per heavy atom. The van der Waals surface area contributed by atoms with Gasteiger partial charge in [0.2, 0.25) is 0 Å². The average molecular weight is 204 g/mol. The van der Waals surface area contributed by atoms with Gasteiger partial charge in [-0.15, -0.1) is 18.8 Å². The lowest BCUT2D eigenvalue weighted by atomic mass is 9.87. The van der Waals surface area contributed by atoms with Crippen LogP contribution in [0.5, 0.6) is 0 Å². The van der Waals surface area contributed by atoms with E-state index in [1.807, 2.05) is 0 Å². The zero-order chi connectivity index (χ0) is 8.81. The van der Waals surface area contributed by atoms with Crippen LogP contribution in [0.3, 0.4) is 0 Å². The smallest absolute Gasteiger partial charge is 0.107 e. The number of ether oxygens (including phenoxy) is 1. The molecule has 3 heteroatoms. The molecule has 2 N–H and O–H groups in total. The SMILES string of the molecule is C#CCOC[C@H]1CC[C@H](N)CC1.Cl. The summed E-state index contributed by atoms with van der Waals surface area (Å²) in [4.78, 5) is 0. The van der Waals surface area contributed by atoms with Gasteiger partial charge < -0.3 is 10.5 Å². The maximum absolute atomic E-state index is 5.78. The fraction of sp³-hybridized carbons (Fsp3) is 0.800. The molecule has 0 spiro atoms. The van der Waals surface area contributed by atoms with E-state index < -0.39 is 0 Å². The van der Waals surface area contributed by atoms with Crippen molar-refractivity contribution >= 4 is 12.4 Å². The zero-order valence-electron chi connectivity index (χ0n) is 7.87. The highest BCUT2D eigenvalue weighted by molar-refractivity contribution is 5.85. The Morgan fingerprint density at radius 3 is 2.46 bits per heavy atom. The van der Waals surface area contributed by atoms with Gasteiger partial charge in [0, 0.05) is 6.04 Å². The van der Waals surface area contributed by atoms with Crippen LogP contribution in [0.25, 0.3) is 0 Å². The van der Waals surface area contributed by atoms with Gasteiger partial charge >= 0.3 is 0 Å². The van der Waals surface area contributed by atoms with Crippen molar-refractivity contribution in [1.29, 1.82) is 0 Å². The molecule has 0 amide bonds. The van der Waals surface area contributed by atoms with E-state index in [1.165, 1.54) is 12.8 Å². The Morgan fingerprint density at radius 1 is 1.31 bits per heavy atom. The molecule has 1 aliphatic carbocycles. The van der Waals surface area contributed by atoms with Gasteiger partial charge in [-0.3, -0.25) is 0 Å². The predicted molar refractivity (Wildman–Crippen MR) is 56.8 cm³/mol. The molecule has 0 unspecified atom stereocenters. The summed E-state index contributed by atoms with van der Waals surface area (Å²) in [7, 11) is 0. The molecule has 0 bridgehead atoms. The molecule has 0 aromatic carbocycles. The first kappa shape index (κ1) is 12.8. The third kappa shape index (κ3) is 5.15. The van der Waals surface area contributed by atoms with Crippen molar-refractivity contribution in [3.8, 4) is 12.3 Å². The third-order valence-corrected chi connectivity index (χ3v) is 2.43.